The Morgan fingerprint density at radius 1 is 1.29 bits per heavy atom. The first-order valence-electron chi connectivity index (χ1n) is 7.41. The van der Waals surface area contributed by atoms with Crippen LogP contribution >= 0.6 is 0 Å². The van der Waals surface area contributed by atoms with Crippen molar-refractivity contribution in [3.05, 3.63) is 41.6 Å². The van der Waals surface area contributed by atoms with Gasteiger partial charge in [-0.25, -0.2) is 0 Å². The molecule has 0 spiro atoms. The molecule has 0 bridgehead atoms. The Hall–Kier alpha value is -1.97. The van der Waals surface area contributed by atoms with Crippen LogP contribution < -0.4 is 10.9 Å². The molecule has 1 aromatic rings. The summed E-state index contributed by atoms with van der Waals surface area (Å²) < 4.78 is 0. The number of hydrogen-bond donors (Lipinski definition) is 3. The largest absolute Gasteiger partial charge is 0.507 e. The lowest BCUT2D eigenvalue weighted by molar-refractivity contribution is 0.0934. The molecule has 21 heavy (non-hydrogen) atoms. The monoisotopic (exact) mass is 288 g/mol. The number of rotatable bonds is 3. The van der Waals surface area contributed by atoms with E-state index in [0.717, 1.165) is 25.0 Å². The van der Waals surface area contributed by atoms with Gasteiger partial charge in [-0.05, 0) is 42.7 Å². The van der Waals surface area contributed by atoms with Crippen LogP contribution in [0.15, 0.2) is 36.0 Å². The molecule has 4 nitrogen and oxygen atoms in total. The molecule has 3 N–H and O–H groups in total. The predicted molar refractivity (Wildman–Crippen MR) is 83.6 cm³/mol. The van der Waals surface area contributed by atoms with Gasteiger partial charge in [-0.1, -0.05) is 39.0 Å². The molecule has 0 saturated heterocycles. The van der Waals surface area contributed by atoms with Gasteiger partial charge in [0.25, 0.3) is 5.91 Å². The van der Waals surface area contributed by atoms with Crippen molar-refractivity contribution in [2.45, 2.75) is 40.0 Å². The van der Waals surface area contributed by atoms with Crippen molar-refractivity contribution >= 4 is 5.91 Å². The molecule has 1 amide bonds. The van der Waals surface area contributed by atoms with Gasteiger partial charge in [0, 0.05) is 5.70 Å². The Morgan fingerprint density at radius 3 is 2.57 bits per heavy atom. The van der Waals surface area contributed by atoms with Crippen molar-refractivity contribution in [1.29, 1.82) is 0 Å². The summed E-state index contributed by atoms with van der Waals surface area (Å²) in [7, 11) is 0. The van der Waals surface area contributed by atoms with E-state index in [9.17, 15) is 9.90 Å². The maximum absolute atomic E-state index is 12.0. The third-order valence-corrected chi connectivity index (χ3v) is 4.12. The van der Waals surface area contributed by atoms with E-state index in [0.29, 0.717) is 11.3 Å². The van der Waals surface area contributed by atoms with Crippen LogP contribution in [0.25, 0.3) is 0 Å². The summed E-state index contributed by atoms with van der Waals surface area (Å²) >= 11 is 0. The molecule has 1 atom stereocenters. The smallest absolute Gasteiger partial charge is 0.273 e. The molecule has 4 heteroatoms. The minimum absolute atomic E-state index is 0.0118. The second kappa shape index (κ2) is 6.20. The van der Waals surface area contributed by atoms with Crippen LogP contribution in [0.2, 0.25) is 0 Å². The number of carbonyl (C=O) groups excluding carboxylic acids is 1. The molecule has 2 rings (SSSR count). The van der Waals surface area contributed by atoms with Crippen LogP contribution in [0.4, 0.5) is 0 Å². The molecule has 0 radical (unpaired) electrons. The number of aromatic hydroxyl groups is 1. The van der Waals surface area contributed by atoms with E-state index >= 15 is 0 Å². The molecule has 114 valence electrons. The highest BCUT2D eigenvalue weighted by atomic mass is 16.3. The van der Waals surface area contributed by atoms with Crippen molar-refractivity contribution in [1.82, 2.24) is 10.9 Å². The molecule has 0 aromatic heterocycles. The van der Waals surface area contributed by atoms with Gasteiger partial charge in [-0.15, -0.1) is 0 Å². The molecule has 0 saturated carbocycles. The molecule has 1 unspecified atom stereocenters. The molecule has 1 aliphatic carbocycles. The Labute approximate surface area is 126 Å². The zero-order valence-corrected chi connectivity index (χ0v) is 12.9. The van der Waals surface area contributed by atoms with E-state index in [-0.39, 0.29) is 17.2 Å². The van der Waals surface area contributed by atoms with Gasteiger partial charge in [0.15, 0.2) is 0 Å². The average Bonchev–Trinajstić information content (AvgIpc) is 2.45. The first-order chi connectivity index (χ1) is 9.88. The van der Waals surface area contributed by atoms with E-state index in [2.05, 4.69) is 37.7 Å². The van der Waals surface area contributed by atoms with Crippen molar-refractivity contribution in [3.63, 3.8) is 0 Å². The second-order valence-corrected chi connectivity index (χ2v) is 6.66. The second-order valence-electron chi connectivity index (χ2n) is 6.66. The summed E-state index contributed by atoms with van der Waals surface area (Å²) in [6, 6.07) is 6.51. The summed E-state index contributed by atoms with van der Waals surface area (Å²) in [5.41, 5.74) is 7.25. The number of hydrazine groups is 1. The Kier molecular flexibility index (Phi) is 4.56. The average molecular weight is 288 g/mol. The number of benzene rings is 1. The summed E-state index contributed by atoms with van der Waals surface area (Å²) in [5.74, 6) is 0.339. The van der Waals surface area contributed by atoms with Crippen molar-refractivity contribution in [3.8, 4) is 5.75 Å². The third kappa shape index (κ3) is 4.00. The molecule has 0 fully saturated rings. The lowest BCUT2D eigenvalue weighted by Gasteiger charge is -2.33. The first-order valence-corrected chi connectivity index (χ1v) is 7.41. The molecule has 1 aliphatic rings. The zero-order valence-electron chi connectivity index (χ0n) is 12.9. The summed E-state index contributed by atoms with van der Waals surface area (Å²) in [5, 5.41) is 9.64. The van der Waals surface area contributed by atoms with Crippen molar-refractivity contribution in [2.24, 2.45) is 11.3 Å². The number of nitrogens with one attached hydrogen (secondary N) is 2. The predicted octanol–water partition coefficient (Wildman–Crippen LogP) is 3.36. The topological polar surface area (TPSA) is 61.4 Å². The van der Waals surface area contributed by atoms with Gasteiger partial charge in [0.2, 0.25) is 0 Å². The SMILES string of the molecule is CC(C)(C)C1CC=C(NNC(=O)c2ccccc2O)CC1. The van der Waals surface area contributed by atoms with E-state index < -0.39 is 0 Å². The first kappa shape index (κ1) is 15.4. The fourth-order valence-electron chi connectivity index (χ4n) is 2.60. The normalized spacial score (nSPS) is 18.8. The standard InChI is InChI=1S/C17H24N2O2/c1-17(2,3)12-8-10-13(11-9-12)18-19-16(21)14-6-4-5-7-15(14)20/h4-7,10,12,18,20H,8-9,11H2,1-3H3,(H,19,21). The lowest BCUT2D eigenvalue weighted by atomic mass is 9.74. The van der Waals surface area contributed by atoms with Gasteiger partial charge in [0.1, 0.15) is 5.75 Å². The summed E-state index contributed by atoms with van der Waals surface area (Å²) in [6.07, 6.45) is 5.24. The van der Waals surface area contributed by atoms with Gasteiger partial charge in [-0.2, -0.15) is 0 Å². The van der Waals surface area contributed by atoms with Crippen LogP contribution in [-0.2, 0) is 0 Å². The van der Waals surface area contributed by atoms with Crippen molar-refractivity contribution < 1.29 is 9.90 Å². The van der Waals surface area contributed by atoms with Gasteiger partial charge in [-0.3, -0.25) is 10.2 Å². The highest BCUT2D eigenvalue weighted by Gasteiger charge is 2.26. The lowest BCUT2D eigenvalue weighted by Crippen LogP contribution is -2.38. The number of phenolic OH excluding ortho intramolecular Hbond substituents is 1. The van der Waals surface area contributed by atoms with Gasteiger partial charge < -0.3 is 10.5 Å². The Morgan fingerprint density at radius 2 is 2.00 bits per heavy atom. The fraction of sp³-hybridized carbons (Fsp3) is 0.471. The van der Waals surface area contributed by atoms with Crippen LogP contribution in [0.5, 0.6) is 5.75 Å². The third-order valence-electron chi connectivity index (χ3n) is 4.12. The minimum Gasteiger partial charge on any atom is -0.507 e. The zero-order chi connectivity index (χ0) is 15.5. The highest BCUT2D eigenvalue weighted by Crippen LogP contribution is 2.36. The quantitative estimate of drug-likeness (QED) is 0.747. The Balaban J connectivity index is 1.89. The molecule has 1 aromatic carbocycles. The molecular formula is C17H24N2O2. The van der Waals surface area contributed by atoms with Gasteiger partial charge in [0.05, 0.1) is 5.56 Å². The van der Waals surface area contributed by atoms with Crippen LogP contribution in [0, 0.1) is 11.3 Å². The number of carbonyl (C=O) groups is 1. The number of allylic oxidation sites excluding steroid dienone is 2. The molecule has 0 aliphatic heterocycles. The van der Waals surface area contributed by atoms with E-state index in [1.165, 1.54) is 6.07 Å². The van der Waals surface area contributed by atoms with Crippen molar-refractivity contribution in [2.75, 3.05) is 0 Å². The van der Waals surface area contributed by atoms with E-state index in [1.54, 1.807) is 18.2 Å². The van der Waals surface area contributed by atoms with Crippen LogP contribution in [-0.4, -0.2) is 11.0 Å². The van der Waals surface area contributed by atoms with E-state index in [4.69, 9.17) is 0 Å². The summed E-state index contributed by atoms with van der Waals surface area (Å²) in [4.78, 5) is 12.0. The number of amides is 1. The maximum atomic E-state index is 12.0. The maximum Gasteiger partial charge on any atom is 0.273 e. The summed E-state index contributed by atoms with van der Waals surface area (Å²) in [6.45, 7) is 6.80. The highest BCUT2D eigenvalue weighted by molar-refractivity contribution is 5.96. The number of para-hydroxylation sites is 1. The van der Waals surface area contributed by atoms with Crippen LogP contribution in [0.1, 0.15) is 50.4 Å². The molecule has 0 heterocycles. The fourth-order valence-corrected chi connectivity index (χ4v) is 2.60. The number of hydrogen-bond acceptors (Lipinski definition) is 3. The van der Waals surface area contributed by atoms with E-state index in [1.807, 2.05) is 0 Å². The molecular weight excluding hydrogens is 264 g/mol. The Bertz CT molecular complexity index is 544. The number of phenols is 1. The van der Waals surface area contributed by atoms with Crippen LogP contribution in [0.3, 0.4) is 0 Å². The van der Waals surface area contributed by atoms with Gasteiger partial charge >= 0.3 is 0 Å². The minimum atomic E-state index is -0.327.